The van der Waals surface area contributed by atoms with Crippen molar-refractivity contribution in [3.05, 3.63) is 27.9 Å². The molecule has 1 N–H and O–H groups in total. The van der Waals surface area contributed by atoms with Crippen LogP contribution in [-0.4, -0.2) is 26.3 Å². The number of aryl methyl sites for hydroxylation is 2. The molecule has 1 atom stereocenters. The summed E-state index contributed by atoms with van der Waals surface area (Å²) in [6, 6.07) is 2.39. The molecule has 2 heterocycles. The lowest BCUT2D eigenvalue weighted by Crippen LogP contribution is -2.25. The van der Waals surface area contributed by atoms with Gasteiger partial charge >= 0.3 is 6.18 Å². The zero-order valence-corrected chi connectivity index (χ0v) is 15.6. The van der Waals surface area contributed by atoms with Crippen molar-refractivity contribution in [3.8, 4) is 6.07 Å². The maximum absolute atomic E-state index is 13.2. The average molecular weight is 401 g/mol. The topological polar surface area (TPSA) is 91.6 Å². The zero-order valence-electron chi connectivity index (χ0n) is 14.0. The third-order valence-corrected chi connectivity index (χ3v) is 5.31. The first-order chi connectivity index (χ1) is 12.2. The lowest BCUT2D eigenvalue weighted by Gasteiger charge is -2.16. The fourth-order valence-corrected chi connectivity index (χ4v) is 3.72. The third kappa shape index (κ3) is 4.70. The molecular weight excluding hydrogens is 387 g/mol. The van der Waals surface area contributed by atoms with E-state index in [4.69, 9.17) is 0 Å². The molecule has 6 nitrogen and oxygen atoms in total. The first-order valence-electron chi connectivity index (χ1n) is 7.42. The summed E-state index contributed by atoms with van der Waals surface area (Å²) in [6.07, 6.45) is -4.35. The first-order valence-corrected chi connectivity index (χ1v) is 9.11. The molecule has 2 aromatic rings. The van der Waals surface area contributed by atoms with E-state index in [0.717, 1.165) is 17.8 Å². The molecule has 0 aromatic carbocycles. The van der Waals surface area contributed by atoms with Crippen molar-refractivity contribution in [2.75, 3.05) is 5.32 Å². The van der Waals surface area contributed by atoms with Crippen LogP contribution in [0.25, 0.3) is 0 Å². The molecule has 0 saturated heterocycles. The molecular formula is C15H14F3N5OS2. The largest absolute Gasteiger partial charge is 0.417 e. The van der Waals surface area contributed by atoms with Crippen LogP contribution < -0.4 is 5.32 Å². The number of anilines is 1. The summed E-state index contributed by atoms with van der Waals surface area (Å²) in [4.78, 5) is 16.4. The molecule has 0 spiro atoms. The van der Waals surface area contributed by atoms with Crippen LogP contribution in [-0.2, 0) is 11.0 Å². The molecule has 0 radical (unpaired) electrons. The normalized spacial score (nSPS) is 12.5. The number of carbonyl (C=O) groups excluding carboxylic acids is 1. The van der Waals surface area contributed by atoms with Crippen LogP contribution in [0.5, 0.6) is 0 Å². The van der Waals surface area contributed by atoms with E-state index in [-0.39, 0.29) is 10.7 Å². The summed E-state index contributed by atoms with van der Waals surface area (Å²) >= 11 is 2.02. The van der Waals surface area contributed by atoms with Gasteiger partial charge in [-0.15, -0.1) is 10.2 Å². The summed E-state index contributed by atoms with van der Waals surface area (Å²) in [5.74, 6) is -0.436. The Balaban J connectivity index is 2.31. The monoisotopic (exact) mass is 401 g/mol. The quantitative estimate of drug-likeness (QED) is 0.763. The van der Waals surface area contributed by atoms with Gasteiger partial charge in [0.05, 0.1) is 16.4 Å². The molecule has 2 aromatic heterocycles. The number of nitriles is 1. The highest BCUT2D eigenvalue weighted by Gasteiger charge is 2.36. The van der Waals surface area contributed by atoms with Crippen LogP contribution in [0.4, 0.5) is 18.3 Å². The van der Waals surface area contributed by atoms with Crippen LogP contribution in [0.3, 0.4) is 0 Å². The molecule has 11 heteroatoms. The van der Waals surface area contributed by atoms with E-state index in [0.29, 0.717) is 16.6 Å². The van der Waals surface area contributed by atoms with Gasteiger partial charge in [0.2, 0.25) is 11.0 Å². The highest BCUT2D eigenvalue weighted by atomic mass is 32.2. The van der Waals surface area contributed by atoms with Gasteiger partial charge in [-0.25, -0.2) is 4.98 Å². The average Bonchev–Trinajstić information content (AvgIpc) is 2.95. The fraction of sp³-hybridized carbons (Fsp3) is 0.400. The maximum atomic E-state index is 13.2. The summed E-state index contributed by atoms with van der Waals surface area (Å²) < 4.78 is 39.5. The van der Waals surface area contributed by atoms with Gasteiger partial charge in [0.1, 0.15) is 16.1 Å². The molecule has 0 unspecified atom stereocenters. The van der Waals surface area contributed by atoms with Gasteiger partial charge in [0, 0.05) is 5.69 Å². The van der Waals surface area contributed by atoms with E-state index in [2.05, 4.69) is 20.5 Å². The Bertz CT molecular complexity index is 860. The van der Waals surface area contributed by atoms with Gasteiger partial charge in [-0.2, -0.15) is 18.4 Å². The van der Waals surface area contributed by atoms with Crippen molar-refractivity contribution in [2.45, 2.75) is 43.6 Å². The number of rotatable bonds is 5. The number of pyridine rings is 1. The van der Waals surface area contributed by atoms with Crippen LogP contribution in [0.1, 0.15) is 35.2 Å². The van der Waals surface area contributed by atoms with E-state index in [9.17, 15) is 23.2 Å². The van der Waals surface area contributed by atoms with Crippen LogP contribution in [0, 0.1) is 25.2 Å². The van der Waals surface area contributed by atoms with Crippen molar-refractivity contribution in [2.24, 2.45) is 0 Å². The number of carbonyl (C=O) groups is 1. The minimum atomic E-state index is -4.68. The van der Waals surface area contributed by atoms with Gasteiger partial charge in [-0.05, 0) is 26.3 Å². The second kappa shape index (κ2) is 8.01. The van der Waals surface area contributed by atoms with Crippen molar-refractivity contribution in [3.63, 3.8) is 0 Å². The molecule has 0 aliphatic heterocycles. The zero-order chi connectivity index (χ0) is 19.5. The SMILES string of the molecule is CC[C@@H](Sc1nc(C)cc(C(F)(F)F)c1C#N)C(=O)Nc1nnc(C)s1. The predicted octanol–water partition coefficient (Wildman–Crippen LogP) is 3.95. The van der Waals surface area contributed by atoms with Crippen LogP contribution in [0.2, 0.25) is 0 Å². The molecule has 0 saturated carbocycles. The summed E-state index contributed by atoms with van der Waals surface area (Å²) in [7, 11) is 0. The number of alkyl halides is 3. The number of aromatic nitrogens is 3. The Labute approximate surface area is 155 Å². The Morgan fingerprint density at radius 2 is 2.12 bits per heavy atom. The highest BCUT2D eigenvalue weighted by molar-refractivity contribution is 8.00. The van der Waals surface area contributed by atoms with Crippen molar-refractivity contribution in [1.82, 2.24) is 15.2 Å². The number of nitrogens with one attached hydrogen (secondary N) is 1. The number of thioether (sulfide) groups is 1. The molecule has 0 aliphatic rings. The predicted molar refractivity (Wildman–Crippen MR) is 91.9 cm³/mol. The Kier molecular flexibility index (Phi) is 6.20. The number of nitrogens with zero attached hydrogens (tertiary/aromatic N) is 4. The van der Waals surface area contributed by atoms with Gasteiger partial charge in [-0.1, -0.05) is 30.0 Å². The summed E-state index contributed by atoms with van der Waals surface area (Å²) in [5, 5.41) is 19.5. The molecule has 1 amide bonds. The van der Waals surface area contributed by atoms with Crippen LogP contribution in [0.15, 0.2) is 11.1 Å². The van der Waals surface area contributed by atoms with Gasteiger partial charge < -0.3 is 0 Å². The van der Waals surface area contributed by atoms with E-state index in [1.54, 1.807) is 19.9 Å². The molecule has 0 bridgehead atoms. The first kappa shape index (κ1) is 20.1. The van der Waals surface area contributed by atoms with Gasteiger partial charge in [0.15, 0.2) is 0 Å². The maximum Gasteiger partial charge on any atom is 0.417 e. The highest BCUT2D eigenvalue weighted by Crippen LogP contribution is 2.37. The summed E-state index contributed by atoms with van der Waals surface area (Å²) in [5.41, 5.74) is -1.51. The van der Waals surface area contributed by atoms with Crippen molar-refractivity contribution >= 4 is 34.1 Å². The smallest absolute Gasteiger partial charge is 0.300 e. The standard InChI is InChI=1S/C15H14F3N5OS2/c1-4-11(12(24)21-14-23-22-8(3)25-14)26-13-9(6-19)10(15(16,17)18)5-7(2)20-13/h5,11H,4H2,1-3H3,(H,21,23,24)/t11-/m1/s1. The molecule has 2 rings (SSSR count). The Morgan fingerprint density at radius 3 is 2.62 bits per heavy atom. The molecule has 138 valence electrons. The minimum Gasteiger partial charge on any atom is -0.300 e. The number of amides is 1. The van der Waals surface area contributed by atoms with E-state index in [1.165, 1.54) is 18.3 Å². The van der Waals surface area contributed by atoms with E-state index < -0.39 is 28.5 Å². The summed E-state index contributed by atoms with van der Waals surface area (Å²) in [6.45, 7) is 4.86. The molecule has 0 fully saturated rings. The number of hydrogen-bond donors (Lipinski definition) is 1. The minimum absolute atomic E-state index is 0.115. The number of hydrogen-bond acceptors (Lipinski definition) is 7. The molecule has 0 aliphatic carbocycles. The van der Waals surface area contributed by atoms with Crippen LogP contribution >= 0.6 is 23.1 Å². The fourth-order valence-electron chi connectivity index (χ4n) is 2.05. The second-order valence-electron chi connectivity index (χ2n) is 5.23. The van der Waals surface area contributed by atoms with E-state index in [1.807, 2.05) is 0 Å². The van der Waals surface area contributed by atoms with Gasteiger partial charge in [-0.3, -0.25) is 10.1 Å². The lowest BCUT2D eigenvalue weighted by atomic mass is 10.1. The Morgan fingerprint density at radius 1 is 1.42 bits per heavy atom. The van der Waals surface area contributed by atoms with Crippen molar-refractivity contribution < 1.29 is 18.0 Å². The van der Waals surface area contributed by atoms with E-state index >= 15 is 0 Å². The van der Waals surface area contributed by atoms with Gasteiger partial charge in [0.25, 0.3) is 0 Å². The van der Waals surface area contributed by atoms with Crippen molar-refractivity contribution in [1.29, 1.82) is 5.26 Å². The molecule has 26 heavy (non-hydrogen) atoms. The number of halogens is 3. The second-order valence-corrected chi connectivity index (χ2v) is 7.60. The third-order valence-electron chi connectivity index (χ3n) is 3.20. The lowest BCUT2D eigenvalue weighted by molar-refractivity contribution is -0.138. The Hall–Kier alpha value is -2.19.